The van der Waals surface area contributed by atoms with E-state index in [1.807, 2.05) is 30.3 Å². The van der Waals surface area contributed by atoms with Gasteiger partial charge in [-0.2, -0.15) is 0 Å². The van der Waals surface area contributed by atoms with Crippen LogP contribution in [0.2, 0.25) is 0 Å². The second-order valence-electron chi connectivity index (χ2n) is 5.67. The van der Waals surface area contributed by atoms with Crippen LogP contribution in [-0.2, 0) is 6.54 Å². The molecule has 3 aromatic rings. The number of benzene rings is 2. The molecule has 0 unspecified atom stereocenters. The Hall–Kier alpha value is -3.48. The van der Waals surface area contributed by atoms with E-state index in [1.54, 1.807) is 19.2 Å². The van der Waals surface area contributed by atoms with Gasteiger partial charge in [0, 0.05) is 12.1 Å². The molecule has 0 radical (unpaired) electrons. The lowest BCUT2D eigenvalue weighted by molar-refractivity contribution is 0.0951. The van der Waals surface area contributed by atoms with Crippen LogP contribution in [0.5, 0.6) is 17.2 Å². The number of rotatable bonds is 5. The van der Waals surface area contributed by atoms with Crippen molar-refractivity contribution in [2.45, 2.75) is 6.54 Å². The predicted molar refractivity (Wildman–Crippen MR) is 92.2 cm³/mol. The van der Waals surface area contributed by atoms with Crippen LogP contribution >= 0.6 is 0 Å². The van der Waals surface area contributed by atoms with Gasteiger partial charge in [-0.15, -0.1) is 0 Å². The van der Waals surface area contributed by atoms with Crippen molar-refractivity contribution in [1.82, 2.24) is 10.5 Å². The first-order chi connectivity index (χ1) is 12.7. The van der Waals surface area contributed by atoms with Crippen LogP contribution in [0.1, 0.15) is 15.9 Å². The molecule has 2 heterocycles. The van der Waals surface area contributed by atoms with E-state index in [-0.39, 0.29) is 12.7 Å². The third-order valence-corrected chi connectivity index (χ3v) is 4.06. The molecule has 7 nitrogen and oxygen atoms in total. The summed E-state index contributed by atoms with van der Waals surface area (Å²) in [5.74, 6) is 2.26. The number of methoxy groups -OCH3 is 1. The third-order valence-electron chi connectivity index (χ3n) is 4.06. The van der Waals surface area contributed by atoms with Crippen molar-refractivity contribution >= 4 is 5.91 Å². The van der Waals surface area contributed by atoms with Gasteiger partial charge in [0.15, 0.2) is 17.3 Å². The second kappa shape index (κ2) is 6.79. The Morgan fingerprint density at radius 1 is 1.15 bits per heavy atom. The van der Waals surface area contributed by atoms with Crippen LogP contribution < -0.4 is 19.5 Å². The largest absolute Gasteiger partial charge is 0.497 e. The highest BCUT2D eigenvalue weighted by atomic mass is 16.7. The molecule has 0 bridgehead atoms. The van der Waals surface area contributed by atoms with Gasteiger partial charge in [0.05, 0.1) is 13.3 Å². The van der Waals surface area contributed by atoms with Gasteiger partial charge < -0.3 is 24.1 Å². The zero-order valence-electron chi connectivity index (χ0n) is 14.0. The Kier molecular flexibility index (Phi) is 4.18. The number of nitrogens with zero attached hydrogens (tertiary/aromatic N) is 1. The van der Waals surface area contributed by atoms with Gasteiger partial charge in [0.1, 0.15) is 11.3 Å². The average molecular weight is 352 g/mol. The molecule has 1 amide bonds. The van der Waals surface area contributed by atoms with E-state index in [0.717, 1.165) is 16.9 Å². The summed E-state index contributed by atoms with van der Waals surface area (Å²) in [6, 6.07) is 12.8. The molecule has 4 rings (SSSR count). The molecule has 0 saturated carbocycles. The molecule has 1 aromatic heterocycles. The van der Waals surface area contributed by atoms with Crippen molar-refractivity contribution < 1.29 is 23.5 Å². The molecule has 0 saturated heterocycles. The molecule has 0 spiro atoms. The van der Waals surface area contributed by atoms with Crippen molar-refractivity contribution in [3.05, 3.63) is 59.8 Å². The molecular formula is C19H16N2O5. The molecule has 7 heteroatoms. The molecular weight excluding hydrogens is 336 g/mol. The van der Waals surface area contributed by atoms with Crippen molar-refractivity contribution in [2.24, 2.45) is 0 Å². The number of nitrogens with one attached hydrogen (secondary N) is 1. The normalized spacial score (nSPS) is 12.0. The first-order valence-electron chi connectivity index (χ1n) is 8.00. The second-order valence-corrected chi connectivity index (χ2v) is 5.67. The quantitative estimate of drug-likeness (QED) is 0.760. The number of hydrogen-bond donors (Lipinski definition) is 1. The average Bonchev–Trinajstić information content (AvgIpc) is 3.35. The monoisotopic (exact) mass is 352 g/mol. The fourth-order valence-electron chi connectivity index (χ4n) is 2.68. The van der Waals surface area contributed by atoms with Gasteiger partial charge in [-0.05, 0) is 42.0 Å². The highest BCUT2D eigenvalue weighted by Gasteiger charge is 2.18. The van der Waals surface area contributed by atoms with Crippen molar-refractivity contribution in [2.75, 3.05) is 13.9 Å². The summed E-state index contributed by atoms with van der Waals surface area (Å²) in [6.45, 7) is 0.569. The molecule has 26 heavy (non-hydrogen) atoms. The Balaban J connectivity index is 1.48. The first kappa shape index (κ1) is 16.0. The predicted octanol–water partition coefficient (Wildman–Crippen LogP) is 3.01. The van der Waals surface area contributed by atoms with Gasteiger partial charge in [0.2, 0.25) is 6.79 Å². The fraction of sp³-hybridized carbons (Fsp3) is 0.158. The zero-order chi connectivity index (χ0) is 17.9. The van der Waals surface area contributed by atoms with Crippen LogP contribution in [0.4, 0.5) is 0 Å². The molecule has 1 N–H and O–H groups in total. The molecule has 0 fully saturated rings. The lowest BCUT2D eigenvalue weighted by atomic mass is 10.1. The molecule has 0 aliphatic carbocycles. The minimum atomic E-state index is -0.269. The van der Waals surface area contributed by atoms with Crippen LogP contribution in [0.15, 0.2) is 53.2 Å². The minimum absolute atomic E-state index is 0.219. The van der Waals surface area contributed by atoms with E-state index in [1.165, 1.54) is 6.20 Å². The molecule has 132 valence electrons. The van der Waals surface area contributed by atoms with E-state index in [2.05, 4.69) is 10.5 Å². The van der Waals surface area contributed by atoms with E-state index < -0.39 is 0 Å². The lowest BCUT2D eigenvalue weighted by Gasteiger charge is -2.06. The maximum absolute atomic E-state index is 12.5. The number of ether oxygens (including phenoxy) is 3. The van der Waals surface area contributed by atoms with Crippen molar-refractivity contribution in [1.29, 1.82) is 0 Å². The third kappa shape index (κ3) is 3.06. The van der Waals surface area contributed by atoms with E-state index in [4.69, 9.17) is 18.7 Å². The van der Waals surface area contributed by atoms with Crippen LogP contribution in [0.25, 0.3) is 11.3 Å². The van der Waals surface area contributed by atoms with Crippen LogP contribution in [0, 0.1) is 0 Å². The van der Waals surface area contributed by atoms with Gasteiger partial charge in [-0.25, -0.2) is 0 Å². The number of amides is 1. The summed E-state index contributed by atoms with van der Waals surface area (Å²) in [5, 5.41) is 6.63. The Morgan fingerprint density at radius 3 is 2.77 bits per heavy atom. The number of fused-ring (bicyclic) bond motifs is 1. The number of carbonyl (C=O) groups excluding carboxylic acids is 1. The van der Waals surface area contributed by atoms with Crippen molar-refractivity contribution in [3.8, 4) is 28.6 Å². The minimum Gasteiger partial charge on any atom is -0.497 e. The molecule has 1 aliphatic rings. The van der Waals surface area contributed by atoms with E-state index in [0.29, 0.717) is 29.4 Å². The van der Waals surface area contributed by atoms with Crippen LogP contribution in [0.3, 0.4) is 0 Å². The number of aromatic nitrogens is 1. The number of hydrogen-bond acceptors (Lipinski definition) is 6. The van der Waals surface area contributed by atoms with E-state index in [9.17, 15) is 4.79 Å². The standard InChI is InChI=1S/C19H16N2O5/c1-23-14-5-3-13(4-6-14)18-15(10-21-26-18)19(22)20-9-12-2-7-16-17(8-12)25-11-24-16/h2-8,10H,9,11H2,1H3,(H,20,22). The molecule has 1 aliphatic heterocycles. The number of carbonyl (C=O) groups is 1. The Bertz CT molecular complexity index is 933. The summed E-state index contributed by atoms with van der Waals surface area (Å²) in [6.07, 6.45) is 1.41. The summed E-state index contributed by atoms with van der Waals surface area (Å²) >= 11 is 0. The summed E-state index contributed by atoms with van der Waals surface area (Å²) in [7, 11) is 1.60. The Morgan fingerprint density at radius 2 is 1.96 bits per heavy atom. The van der Waals surface area contributed by atoms with Gasteiger partial charge in [-0.1, -0.05) is 11.2 Å². The summed E-state index contributed by atoms with van der Waals surface area (Å²) in [5.41, 5.74) is 2.03. The highest BCUT2D eigenvalue weighted by molar-refractivity contribution is 5.99. The summed E-state index contributed by atoms with van der Waals surface area (Å²) < 4.78 is 21.0. The topological polar surface area (TPSA) is 82.8 Å². The first-order valence-corrected chi connectivity index (χ1v) is 8.00. The lowest BCUT2D eigenvalue weighted by Crippen LogP contribution is -2.22. The SMILES string of the molecule is COc1ccc(-c2oncc2C(=O)NCc2ccc3c(c2)OCO3)cc1. The Labute approximate surface area is 149 Å². The smallest absolute Gasteiger partial charge is 0.257 e. The van der Waals surface area contributed by atoms with Crippen LogP contribution in [-0.4, -0.2) is 25.0 Å². The van der Waals surface area contributed by atoms with Crippen molar-refractivity contribution in [3.63, 3.8) is 0 Å². The van der Waals surface area contributed by atoms with E-state index >= 15 is 0 Å². The maximum Gasteiger partial charge on any atom is 0.257 e. The zero-order valence-corrected chi connectivity index (χ0v) is 14.0. The molecule has 2 aromatic carbocycles. The fourth-order valence-corrected chi connectivity index (χ4v) is 2.68. The van der Waals surface area contributed by atoms with Gasteiger partial charge in [0.25, 0.3) is 5.91 Å². The van der Waals surface area contributed by atoms with Gasteiger partial charge in [-0.3, -0.25) is 4.79 Å². The molecule has 0 atom stereocenters. The maximum atomic E-state index is 12.5. The highest BCUT2D eigenvalue weighted by Crippen LogP contribution is 2.32. The van der Waals surface area contributed by atoms with Gasteiger partial charge >= 0.3 is 0 Å². The summed E-state index contributed by atoms with van der Waals surface area (Å²) in [4.78, 5) is 12.5.